The van der Waals surface area contributed by atoms with Crippen LogP contribution >= 0.6 is 0 Å². The van der Waals surface area contributed by atoms with Crippen LogP contribution in [0.1, 0.15) is 47.8 Å². The summed E-state index contributed by atoms with van der Waals surface area (Å²) in [4.78, 5) is 5.03. The summed E-state index contributed by atoms with van der Waals surface area (Å²) in [5.41, 5.74) is 11.1. The molecule has 4 rings (SSSR count). The SMILES string of the molecule is CNCc1c(-c2ccc(/C(=N/O)c3ccccc3)cc2)nc(C2CCC2)n1/C=C\N. The minimum atomic E-state index is 0.482. The van der Waals surface area contributed by atoms with E-state index < -0.39 is 0 Å². The second-order valence-corrected chi connectivity index (χ2v) is 7.53. The number of hydrogen-bond acceptors (Lipinski definition) is 5. The summed E-state index contributed by atoms with van der Waals surface area (Å²) in [5.74, 6) is 1.56. The first kappa shape index (κ1) is 19.9. The summed E-state index contributed by atoms with van der Waals surface area (Å²) in [6.45, 7) is 0.689. The molecule has 0 aliphatic heterocycles. The lowest BCUT2D eigenvalue weighted by atomic mass is 9.85. The zero-order valence-electron chi connectivity index (χ0n) is 17.1. The lowest BCUT2D eigenvalue weighted by Crippen LogP contribution is -2.16. The van der Waals surface area contributed by atoms with Crippen LogP contribution in [0, 0.1) is 0 Å². The van der Waals surface area contributed by atoms with Crippen LogP contribution < -0.4 is 11.1 Å². The predicted molar refractivity (Wildman–Crippen MR) is 120 cm³/mol. The number of rotatable bonds is 7. The Morgan fingerprint density at radius 2 is 1.87 bits per heavy atom. The van der Waals surface area contributed by atoms with Gasteiger partial charge in [0.15, 0.2) is 0 Å². The van der Waals surface area contributed by atoms with E-state index in [0.717, 1.165) is 33.9 Å². The number of nitrogens with two attached hydrogens (primary N) is 1. The molecule has 0 radical (unpaired) electrons. The zero-order valence-corrected chi connectivity index (χ0v) is 17.1. The van der Waals surface area contributed by atoms with Crippen molar-refractivity contribution in [1.82, 2.24) is 14.9 Å². The van der Waals surface area contributed by atoms with Crippen molar-refractivity contribution >= 4 is 11.9 Å². The fourth-order valence-corrected chi connectivity index (χ4v) is 3.92. The Morgan fingerprint density at radius 1 is 1.17 bits per heavy atom. The highest BCUT2D eigenvalue weighted by molar-refractivity contribution is 6.12. The Labute approximate surface area is 176 Å². The topological polar surface area (TPSA) is 88.5 Å². The standard InChI is InChI=1S/C24H27N5O/c1-26-16-21-23(27-24(20-8-5-9-20)29(21)15-14-25)19-12-10-18(11-13-19)22(28-30)17-6-3-2-4-7-17/h2-4,6-7,10-15,20,26,30H,5,8-9,16,25H2,1H3/b15-14-,28-22+. The maximum Gasteiger partial charge on any atom is 0.117 e. The number of nitrogens with one attached hydrogen (secondary N) is 1. The lowest BCUT2D eigenvalue weighted by Gasteiger charge is -2.25. The van der Waals surface area contributed by atoms with Gasteiger partial charge in [-0.3, -0.25) is 0 Å². The van der Waals surface area contributed by atoms with E-state index >= 15 is 0 Å². The average molecular weight is 402 g/mol. The van der Waals surface area contributed by atoms with Crippen molar-refractivity contribution in [3.05, 3.63) is 83.4 Å². The van der Waals surface area contributed by atoms with Crippen molar-refractivity contribution < 1.29 is 5.21 Å². The van der Waals surface area contributed by atoms with Gasteiger partial charge in [-0.25, -0.2) is 4.98 Å². The predicted octanol–water partition coefficient (Wildman–Crippen LogP) is 4.15. The van der Waals surface area contributed by atoms with Gasteiger partial charge in [-0.2, -0.15) is 0 Å². The Kier molecular flexibility index (Phi) is 5.95. The quantitative estimate of drug-likeness (QED) is 0.315. The molecule has 4 N–H and O–H groups in total. The van der Waals surface area contributed by atoms with E-state index in [0.29, 0.717) is 18.2 Å². The first-order valence-corrected chi connectivity index (χ1v) is 10.3. The smallest absolute Gasteiger partial charge is 0.117 e. The highest BCUT2D eigenvalue weighted by atomic mass is 16.4. The van der Waals surface area contributed by atoms with Crippen molar-refractivity contribution in [3.63, 3.8) is 0 Å². The number of nitrogens with zero attached hydrogens (tertiary/aromatic N) is 3. The van der Waals surface area contributed by atoms with Crippen LogP contribution in [-0.4, -0.2) is 27.5 Å². The Hall–Kier alpha value is -3.38. The van der Waals surface area contributed by atoms with Crippen molar-refractivity contribution in [2.45, 2.75) is 31.7 Å². The van der Waals surface area contributed by atoms with Crippen molar-refractivity contribution in [2.75, 3.05) is 7.05 Å². The van der Waals surface area contributed by atoms with Gasteiger partial charge < -0.3 is 20.8 Å². The van der Waals surface area contributed by atoms with Gasteiger partial charge in [0, 0.05) is 41.6 Å². The molecule has 1 aliphatic rings. The van der Waals surface area contributed by atoms with Crippen molar-refractivity contribution in [3.8, 4) is 11.3 Å². The maximum absolute atomic E-state index is 9.57. The summed E-state index contributed by atoms with van der Waals surface area (Å²) in [5, 5.41) is 16.4. The fourth-order valence-electron chi connectivity index (χ4n) is 3.92. The van der Waals surface area contributed by atoms with E-state index in [1.54, 1.807) is 6.20 Å². The number of oxime groups is 1. The molecule has 1 aromatic heterocycles. The molecule has 3 aromatic rings. The van der Waals surface area contributed by atoms with E-state index in [1.807, 2.05) is 67.8 Å². The third-order valence-electron chi connectivity index (χ3n) is 5.67. The Morgan fingerprint density at radius 3 is 2.43 bits per heavy atom. The van der Waals surface area contributed by atoms with E-state index in [-0.39, 0.29) is 0 Å². The molecule has 0 atom stereocenters. The van der Waals surface area contributed by atoms with Crippen molar-refractivity contribution in [1.29, 1.82) is 0 Å². The Bertz CT molecular complexity index is 1050. The van der Waals surface area contributed by atoms with Gasteiger partial charge in [-0.05, 0) is 19.9 Å². The summed E-state index contributed by atoms with van der Waals surface area (Å²) in [6, 6.07) is 17.7. The fraction of sp³-hybridized carbons (Fsp3) is 0.250. The molecule has 6 heteroatoms. The molecule has 6 nitrogen and oxygen atoms in total. The maximum atomic E-state index is 9.57. The third-order valence-corrected chi connectivity index (χ3v) is 5.67. The molecule has 1 aliphatic carbocycles. The van der Waals surface area contributed by atoms with Gasteiger partial charge in [0.1, 0.15) is 11.5 Å². The van der Waals surface area contributed by atoms with Gasteiger partial charge in [-0.15, -0.1) is 0 Å². The van der Waals surface area contributed by atoms with Crippen LogP contribution in [0.3, 0.4) is 0 Å². The minimum absolute atomic E-state index is 0.482. The van der Waals surface area contributed by atoms with E-state index in [4.69, 9.17) is 10.7 Å². The summed E-state index contributed by atoms with van der Waals surface area (Å²) < 4.78 is 2.13. The van der Waals surface area contributed by atoms with Crippen LogP contribution in [0.4, 0.5) is 0 Å². The molecule has 154 valence electrons. The summed E-state index contributed by atoms with van der Waals surface area (Å²) in [7, 11) is 1.93. The normalized spacial score (nSPS) is 14.9. The molecular weight excluding hydrogens is 374 g/mol. The summed E-state index contributed by atoms with van der Waals surface area (Å²) >= 11 is 0. The first-order valence-electron chi connectivity index (χ1n) is 10.3. The molecule has 30 heavy (non-hydrogen) atoms. The second-order valence-electron chi connectivity index (χ2n) is 7.53. The second kappa shape index (κ2) is 8.97. The van der Waals surface area contributed by atoms with E-state index in [9.17, 15) is 5.21 Å². The van der Waals surface area contributed by atoms with Gasteiger partial charge in [0.2, 0.25) is 0 Å². The summed E-state index contributed by atoms with van der Waals surface area (Å²) in [6.07, 6.45) is 7.05. The molecule has 0 unspecified atom stereocenters. The van der Waals surface area contributed by atoms with Crippen LogP contribution in [-0.2, 0) is 6.54 Å². The highest BCUT2D eigenvalue weighted by Crippen LogP contribution is 2.38. The monoisotopic (exact) mass is 401 g/mol. The number of hydrogen-bond donors (Lipinski definition) is 3. The largest absolute Gasteiger partial charge is 0.410 e. The Balaban J connectivity index is 1.73. The van der Waals surface area contributed by atoms with E-state index in [2.05, 4.69) is 15.0 Å². The van der Waals surface area contributed by atoms with Crippen LogP contribution in [0.5, 0.6) is 0 Å². The van der Waals surface area contributed by atoms with E-state index in [1.165, 1.54) is 19.3 Å². The molecular formula is C24H27N5O. The van der Waals surface area contributed by atoms with Crippen molar-refractivity contribution in [2.24, 2.45) is 10.9 Å². The molecule has 1 saturated carbocycles. The number of aromatic nitrogens is 2. The average Bonchev–Trinajstić information content (AvgIpc) is 3.07. The molecule has 2 aromatic carbocycles. The highest BCUT2D eigenvalue weighted by Gasteiger charge is 2.27. The number of imidazole rings is 1. The van der Waals surface area contributed by atoms with Crippen LogP contribution in [0.25, 0.3) is 17.5 Å². The molecule has 0 amide bonds. The molecule has 0 bridgehead atoms. The minimum Gasteiger partial charge on any atom is -0.410 e. The molecule has 1 heterocycles. The number of benzene rings is 2. The van der Waals surface area contributed by atoms with Gasteiger partial charge in [-0.1, -0.05) is 66.2 Å². The molecule has 1 fully saturated rings. The lowest BCUT2D eigenvalue weighted by molar-refractivity contribution is 0.319. The molecule has 0 saturated heterocycles. The van der Waals surface area contributed by atoms with Crippen LogP contribution in [0.2, 0.25) is 0 Å². The molecule has 0 spiro atoms. The van der Waals surface area contributed by atoms with Gasteiger partial charge in [0.25, 0.3) is 0 Å². The first-order chi connectivity index (χ1) is 14.8. The van der Waals surface area contributed by atoms with Gasteiger partial charge >= 0.3 is 0 Å². The van der Waals surface area contributed by atoms with Gasteiger partial charge in [0.05, 0.1) is 11.4 Å². The zero-order chi connectivity index (χ0) is 20.9. The third kappa shape index (κ3) is 3.74. The van der Waals surface area contributed by atoms with Crippen LogP contribution in [0.15, 0.2) is 66.0 Å².